The second-order valence-electron chi connectivity index (χ2n) is 5.56. The molecule has 0 aromatic heterocycles. The molecule has 0 radical (unpaired) electrons. The van der Waals surface area contributed by atoms with Crippen LogP contribution in [0.5, 0.6) is 11.5 Å². The summed E-state index contributed by atoms with van der Waals surface area (Å²) in [4.78, 5) is 25.8. The molecule has 0 bridgehead atoms. The molecule has 1 unspecified atom stereocenters. The van der Waals surface area contributed by atoms with Gasteiger partial charge in [0.15, 0.2) is 11.5 Å². The van der Waals surface area contributed by atoms with Gasteiger partial charge in [0.1, 0.15) is 5.92 Å². The number of hydrogen-bond donors (Lipinski definition) is 1. The molecular weight excluding hydrogens is 334 g/mol. The van der Waals surface area contributed by atoms with E-state index in [1.807, 2.05) is 0 Å². The van der Waals surface area contributed by atoms with Gasteiger partial charge in [0.2, 0.25) is 6.79 Å². The first-order valence-electron chi connectivity index (χ1n) is 7.29. The van der Waals surface area contributed by atoms with Gasteiger partial charge in [-0.3, -0.25) is 9.59 Å². The molecule has 0 spiro atoms. The Morgan fingerprint density at radius 2 is 2.00 bits per heavy atom. The predicted octanol–water partition coefficient (Wildman–Crippen LogP) is 2.90. The van der Waals surface area contributed by atoms with E-state index in [1.54, 1.807) is 30.3 Å². The molecule has 0 saturated heterocycles. The number of ether oxygens (including phenoxy) is 2. The number of amides is 1. The van der Waals surface area contributed by atoms with E-state index >= 15 is 0 Å². The molecule has 2 aliphatic rings. The summed E-state index contributed by atoms with van der Waals surface area (Å²) >= 11 is 6.14. The summed E-state index contributed by atoms with van der Waals surface area (Å²) in [7, 11) is 0. The van der Waals surface area contributed by atoms with Crippen LogP contribution in [0.15, 0.2) is 36.4 Å². The van der Waals surface area contributed by atoms with Gasteiger partial charge < -0.3 is 19.5 Å². The third kappa shape index (κ3) is 2.18. The minimum atomic E-state index is -0.957. The predicted molar refractivity (Wildman–Crippen MR) is 86.1 cm³/mol. The Kier molecular flexibility index (Phi) is 3.35. The first kappa shape index (κ1) is 14.8. The van der Waals surface area contributed by atoms with Crippen LogP contribution in [0.2, 0.25) is 5.02 Å². The number of rotatable bonds is 2. The fourth-order valence-electron chi connectivity index (χ4n) is 3.06. The number of para-hydroxylation sites is 1. The van der Waals surface area contributed by atoms with Gasteiger partial charge in [0, 0.05) is 17.8 Å². The fraction of sp³-hybridized carbons (Fsp3) is 0.176. The topological polar surface area (TPSA) is 76.1 Å². The van der Waals surface area contributed by atoms with Crippen molar-refractivity contribution in [2.75, 3.05) is 18.2 Å². The van der Waals surface area contributed by atoms with Gasteiger partial charge in [0.25, 0.3) is 5.91 Å². The van der Waals surface area contributed by atoms with Gasteiger partial charge >= 0.3 is 5.97 Å². The Hall–Kier alpha value is -2.73. The van der Waals surface area contributed by atoms with Crippen molar-refractivity contribution >= 4 is 29.2 Å². The summed E-state index contributed by atoms with van der Waals surface area (Å²) in [5, 5.41) is 9.69. The van der Waals surface area contributed by atoms with Crippen LogP contribution in [0.4, 0.5) is 5.69 Å². The number of aliphatic carboxylic acids is 1. The lowest BCUT2D eigenvalue weighted by Crippen LogP contribution is -2.31. The molecule has 0 aliphatic carbocycles. The largest absolute Gasteiger partial charge is 0.481 e. The van der Waals surface area contributed by atoms with E-state index < -0.39 is 11.9 Å². The monoisotopic (exact) mass is 345 g/mol. The normalized spacial score (nSPS) is 17.7. The van der Waals surface area contributed by atoms with Crippen molar-refractivity contribution in [3.05, 3.63) is 52.5 Å². The van der Waals surface area contributed by atoms with Crippen molar-refractivity contribution in [3.63, 3.8) is 0 Å². The molecule has 7 heteroatoms. The van der Waals surface area contributed by atoms with Crippen LogP contribution < -0.4 is 14.4 Å². The smallest absolute Gasteiger partial charge is 0.312 e. The van der Waals surface area contributed by atoms with Crippen LogP contribution in [-0.2, 0) is 4.79 Å². The Morgan fingerprint density at radius 3 is 2.79 bits per heavy atom. The van der Waals surface area contributed by atoms with E-state index in [9.17, 15) is 14.7 Å². The van der Waals surface area contributed by atoms with E-state index in [4.69, 9.17) is 21.1 Å². The maximum atomic E-state index is 12.9. The van der Waals surface area contributed by atoms with E-state index in [2.05, 4.69) is 0 Å². The molecule has 6 nitrogen and oxygen atoms in total. The van der Waals surface area contributed by atoms with E-state index in [1.165, 1.54) is 11.0 Å². The van der Waals surface area contributed by atoms with Gasteiger partial charge in [-0.15, -0.1) is 0 Å². The third-order valence-electron chi connectivity index (χ3n) is 4.19. The Labute approximate surface area is 142 Å². The van der Waals surface area contributed by atoms with E-state index in [0.29, 0.717) is 28.3 Å². The minimum absolute atomic E-state index is 0.0559. The molecular formula is C17H12ClNO5. The standard InChI is InChI=1S/C17H12ClNO5/c18-12-5-9(6-14-15(12)24-8-23-14)16(20)19-7-11(17(21)22)10-3-1-2-4-13(10)19/h1-6,11H,7-8H2,(H,21,22). The second kappa shape index (κ2) is 5.42. The van der Waals surface area contributed by atoms with Crippen molar-refractivity contribution in [1.29, 1.82) is 0 Å². The first-order valence-corrected chi connectivity index (χ1v) is 7.67. The summed E-state index contributed by atoms with van der Waals surface area (Å²) in [5.74, 6) is -1.20. The van der Waals surface area contributed by atoms with Gasteiger partial charge in [-0.05, 0) is 23.8 Å². The number of hydrogen-bond acceptors (Lipinski definition) is 4. The number of fused-ring (bicyclic) bond motifs is 2. The summed E-state index contributed by atoms with van der Waals surface area (Å²) in [6, 6.07) is 10.1. The lowest BCUT2D eigenvalue weighted by molar-refractivity contribution is -0.138. The van der Waals surface area contributed by atoms with Gasteiger partial charge in [-0.25, -0.2) is 0 Å². The number of halogens is 1. The van der Waals surface area contributed by atoms with Crippen molar-refractivity contribution in [3.8, 4) is 11.5 Å². The van der Waals surface area contributed by atoms with Crippen LogP contribution in [0.1, 0.15) is 21.8 Å². The molecule has 2 aliphatic heterocycles. The van der Waals surface area contributed by atoms with Crippen LogP contribution in [0.25, 0.3) is 0 Å². The van der Waals surface area contributed by atoms with Crippen LogP contribution in [0.3, 0.4) is 0 Å². The van der Waals surface area contributed by atoms with E-state index in [-0.39, 0.29) is 24.3 Å². The van der Waals surface area contributed by atoms with Crippen molar-refractivity contribution in [2.24, 2.45) is 0 Å². The SMILES string of the molecule is O=C(O)C1CN(C(=O)c2cc(Cl)c3c(c2)OCO3)c2ccccc21. The van der Waals surface area contributed by atoms with Crippen molar-refractivity contribution in [2.45, 2.75) is 5.92 Å². The highest BCUT2D eigenvalue weighted by Gasteiger charge is 2.37. The average molecular weight is 346 g/mol. The number of nitrogens with zero attached hydrogens (tertiary/aromatic N) is 1. The lowest BCUT2D eigenvalue weighted by atomic mass is 10.0. The summed E-state index contributed by atoms with van der Waals surface area (Å²) in [5.41, 5.74) is 1.55. The lowest BCUT2D eigenvalue weighted by Gasteiger charge is -2.18. The maximum Gasteiger partial charge on any atom is 0.312 e. The maximum absolute atomic E-state index is 12.9. The number of carbonyl (C=O) groups excluding carboxylic acids is 1. The third-order valence-corrected chi connectivity index (χ3v) is 4.47. The Balaban J connectivity index is 1.74. The zero-order valence-corrected chi connectivity index (χ0v) is 13.1. The summed E-state index contributed by atoms with van der Waals surface area (Å²) < 4.78 is 10.5. The number of carboxylic acid groups (broad SMARTS) is 1. The quantitative estimate of drug-likeness (QED) is 0.905. The second-order valence-corrected chi connectivity index (χ2v) is 5.96. The molecule has 0 saturated carbocycles. The highest BCUT2D eigenvalue weighted by molar-refractivity contribution is 6.33. The van der Waals surface area contributed by atoms with E-state index in [0.717, 1.165) is 0 Å². The van der Waals surface area contributed by atoms with Gasteiger partial charge in [0.05, 0.1) is 5.02 Å². The molecule has 2 heterocycles. The zero-order chi connectivity index (χ0) is 16.8. The zero-order valence-electron chi connectivity index (χ0n) is 12.4. The fourth-order valence-corrected chi connectivity index (χ4v) is 3.32. The molecule has 2 aromatic rings. The molecule has 1 amide bonds. The van der Waals surface area contributed by atoms with Gasteiger partial charge in [-0.1, -0.05) is 29.8 Å². The van der Waals surface area contributed by atoms with Crippen LogP contribution >= 0.6 is 11.6 Å². The number of carbonyl (C=O) groups is 2. The van der Waals surface area contributed by atoms with Gasteiger partial charge in [-0.2, -0.15) is 0 Å². The molecule has 4 rings (SSSR count). The van der Waals surface area contributed by atoms with Crippen LogP contribution in [0, 0.1) is 0 Å². The summed E-state index contributed by atoms with van der Waals surface area (Å²) in [6.07, 6.45) is 0. The molecule has 1 N–H and O–H groups in total. The Bertz CT molecular complexity index is 866. The number of benzene rings is 2. The first-order chi connectivity index (χ1) is 11.6. The van der Waals surface area contributed by atoms with Crippen molar-refractivity contribution in [1.82, 2.24) is 0 Å². The molecule has 0 fully saturated rings. The number of anilines is 1. The molecule has 1 atom stereocenters. The Morgan fingerprint density at radius 1 is 1.21 bits per heavy atom. The highest BCUT2D eigenvalue weighted by Crippen LogP contribution is 2.42. The molecule has 2 aromatic carbocycles. The average Bonchev–Trinajstić information content (AvgIpc) is 3.18. The molecule has 24 heavy (non-hydrogen) atoms. The van der Waals surface area contributed by atoms with Crippen LogP contribution in [-0.4, -0.2) is 30.3 Å². The van der Waals surface area contributed by atoms with Crippen molar-refractivity contribution < 1.29 is 24.2 Å². The summed E-state index contributed by atoms with van der Waals surface area (Å²) in [6.45, 7) is 0.139. The molecule has 122 valence electrons. The minimum Gasteiger partial charge on any atom is -0.481 e. The highest BCUT2D eigenvalue weighted by atomic mass is 35.5. The number of carboxylic acids is 1.